The molecule has 0 saturated heterocycles. The van der Waals surface area contributed by atoms with Crippen molar-refractivity contribution in [3.63, 3.8) is 0 Å². The highest BCUT2D eigenvalue weighted by Gasteiger charge is 2.47. The highest BCUT2D eigenvalue weighted by molar-refractivity contribution is 7.89. The molecule has 2 saturated carbocycles. The fraction of sp³-hybridized carbons (Fsp3) is 0.370. The van der Waals surface area contributed by atoms with Gasteiger partial charge in [-0.25, -0.2) is 26.6 Å². The molecule has 7 rings (SSSR count). The zero-order chi connectivity index (χ0) is 26.2. The molecule has 2 fully saturated rings. The van der Waals surface area contributed by atoms with Gasteiger partial charge in [-0.1, -0.05) is 0 Å². The maximum absolute atomic E-state index is 13.8. The number of fused-ring (bicyclic) bond motifs is 2. The van der Waals surface area contributed by atoms with Crippen molar-refractivity contribution in [3.8, 4) is 5.69 Å². The number of aromatic amines is 1. The predicted octanol–water partition coefficient (Wildman–Crippen LogP) is 3.94. The lowest BCUT2D eigenvalue weighted by atomic mass is 9.89. The predicted molar refractivity (Wildman–Crippen MR) is 136 cm³/mol. The van der Waals surface area contributed by atoms with Crippen LogP contribution < -0.4 is 10.3 Å². The fourth-order valence-corrected chi connectivity index (χ4v) is 7.55. The molecule has 1 unspecified atom stereocenters. The lowest BCUT2D eigenvalue weighted by Crippen LogP contribution is -2.50. The highest BCUT2D eigenvalue weighted by Crippen LogP contribution is 2.44. The minimum Gasteiger partial charge on any atom is -0.295 e. The molecular formula is C27H25F2N5O3S. The number of pyridine rings is 2. The first kappa shape index (κ1) is 23.7. The summed E-state index contributed by atoms with van der Waals surface area (Å²) in [6, 6.07) is 8.08. The molecule has 3 aliphatic carbocycles. The number of sulfonamides is 1. The molecule has 3 aliphatic rings. The van der Waals surface area contributed by atoms with Crippen LogP contribution in [0.2, 0.25) is 0 Å². The molecule has 196 valence electrons. The van der Waals surface area contributed by atoms with E-state index in [2.05, 4.69) is 19.8 Å². The van der Waals surface area contributed by atoms with E-state index in [9.17, 15) is 22.0 Å². The van der Waals surface area contributed by atoms with Crippen LogP contribution in [0.4, 0.5) is 8.78 Å². The minimum absolute atomic E-state index is 0.148. The lowest BCUT2D eigenvalue weighted by Gasteiger charge is -2.35. The topological polar surface area (TPSA) is 110 Å². The lowest BCUT2D eigenvalue weighted by molar-refractivity contribution is -0.0876. The Morgan fingerprint density at radius 3 is 2.61 bits per heavy atom. The Balaban J connectivity index is 1.30. The van der Waals surface area contributed by atoms with E-state index in [1.807, 2.05) is 12.1 Å². The zero-order valence-corrected chi connectivity index (χ0v) is 21.1. The summed E-state index contributed by atoms with van der Waals surface area (Å²) < 4.78 is 58.5. The van der Waals surface area contributed by atoms with E-state index in [0.29, 0.717) is 46.5 Å². The van der Waals surface area contributed by atoms with Crippen molar-refractivity contribution in [2.75, 3.05) is 0 Å². The summed E-state index contributed by atoms with van der Waals surface area (Å²) >= 11 is 0. The number of nitrogens with zero attached hydrogens (tertiary/aromatic N) is 3. The molecule has 0 aliphatic heterocycles. The van der Waals surface area contributed by atoms with Crippen LogP contribution >= 0.6 is 0 Å². The van der Waals surface area contributed by atoms with Crippen molar-refractivity contribution in [2.24, 2.45) is 0 Å². The van der Waals surface area contributed by atoms with Crippen molar-refractivity contribution < 1.29 is 17.2 Å². The van der Waals surface area contributed by atoms with E-state index in [1.165, 1.54) is 4.68 Å². The Kier molecular flexibility index (Phi) is 5.15. The van der Waals surface area contributed by atoms with Crippen LogP contribution in [0.3, 0.4) is 0 Å². The number of hydrogen-bond donors (Lipinski definition) is 2. The van der Waals surface area contributed by atoms with E-state index in [4.69, 9.17) is 0 Å². The third-order valence-corrected chi connectivity index (χ3v) is 9.52. The van der Waals surface area contributed by atoms with Crippen LogP contribution in [0.5, 0.6) is 0 Å². The van der Waals surface area contributed by atoms with Gasteiger partial charge in [-0.2, -0.15) is 0 Å². The van der Waals surface area contributed by atoms with E-state index in [-0.39, 0.29) is 16.4 Å². The third kappa shape index (κ3) is 4.04. The summed E-state index contributed by atoms with van der Waals surface area (Å²) in [6.07, 6.45) is 6.90. The summed E-state index contributed by atoms with van der Waals surface area (Å²) in [4.78, 5) is 21.5. The van der Waals surface area contributed by atoms with Gasteiger partial charge in [0.05, 0.1) is 16.8 Å². The largest absolute Gasteiger partial charge is 0.295 e. The Morgan fingerprint density at radius 1 is 1.08 bits per heavy atom. The first-order valence-electron chi connectivity index (χ1n) is 12.7. The van der Waals surface area contributed by atoms with Crippen molar-refractivity contribution in [1.29, 1.82) is 0 Å². The van der Waals surface area contributed by atoms with Crippen molar-refractivity contribution in [1.82, 2.24) is 24.5 Å². The second kappa shape index (κ2) is 8.28. The zero-order valence-electron chi connectivity index (χ0n) is 20.3. The summed E-state index contributed by atoms with van der Waals surface area (Å²) in [5, 5.41) is 4.44. The van der Waals surface area contributed by atoms with Crippen molar-refractivity contribution >= 4 is 20.8 Å². The van der Waals surface area contributed by atoms with E-state index < -0.39 is 34.8 Å². The maximum Gasteiger partial charge on any atom is 0.271 e. The molecule has 0 amide bonds. The van der Waals surface area contributed by atoms with Gasteiger partial charge in [0.1, 0.15) is 0 Å². The average Bonchev–Trinajstić information content (AvgIpc) is 3.51. The van der Waals surface area contributed by atoms with Gasteiger partial charge in [-0.05, 0) is 61.1 Å². The molecule has 1 aromatic carbocycles. The average molecular weight is 538 g/mol. The van der Waals surface area contributed by atoms with Gasteiger partial charge in [-0.15, -0.1) is 0 Å². The van der Waals surface area contributed by atoms with Gasteiger partial charge in [0.2, 0.25) is 10.0 Å². The van der Waals surface area contributed by atoms with Gasteiger partial charge in [0.15, 0.2) is 0 Å². The smallest absolute Gasteiger partial charge is 0.271 e. The maximum atomic E-state index is 13.8. The molecule has 0 spiro atoms. The van der Waals surface area contributed by atoms with E-state index in [0.717, 1.165) is 24.1 Å². The number of benzene rings is 1. The standard InChI is InChI=1S/C27H25F2N5O3S/c28-27(29)11-19(12-27)33-38(36,37)26-21-8-17(24-10-25(35)34(32-24)20-2-1-5-30-14-20)6-16(21)7-18-13-31-23(9-22(18)26)15-3-4-15/h1-2,5,7,9-10,13-15,17,19,32-33H,3-4,6,8,11-12H2. The summed E-state index contributed by atoms with van der Waals surface area (Å²) in [7, 11) is -4.09. The van der Waals surface area contributed by atoms with Gasteiger partial charge in [-0.3, -0.25) is 19.9 Å². The fourth-order valence-electron chi connectivity index (χ4n) is 5.82. The van der Waals surface area contributed by atoms with Crippen molar-refractivity contribution in [3.05, 3.63) is 81.8 Å². The minimum atomic E-state index is -4.09. The third-order valence-electron chi connectivity index (χ3n) is 7.87. The quantitative estimate of drug-likeness (QED) is 0.387. The number of nitrogens with one attached hydrogen (secondary N) is 2. The number of rotatable bonds is 6. The second-order valence-electron chi connectivity index (χ2n) is 10.7. The number of alkyl halides is 2. The highest BCUT2D eigenvalue weighted by atomic mass is 32.2. The van der Waals surface area contributed by atoms with Gasteiger partial charge in [0, 0.05) is 71.3 Å². The monoisotopic (exact) mass is 537 g/mol. The number of H-pyrrole nitrogens is 1. The number of halogens is 2. The van der Waals surface area contributed by atoms with Crippen LogP contribution in [-0.2, 0) is 22.9 Å². The Labute approximate surface area is 217 Å². The van der Waals surface area contributed by atoms with Crippen molar-refractivity contribution in [2.45, 2.75) is 67.2 Å². The normalized spacial score (nSPS) is 20.9. The number of hydrogen-bond acceptors (Lipinski definition) is 5. The van der Waals surface area contributed by atoms with Crippen LogP contribution in [0.1, 0.15) is 60.0 Å². The van der Waals surface area contributed by atoms with Crippen LogP contribution in [0.25, 0.3) is 16.5 Å². The molecular weight excluding hydrogens is 512 g/mol. The molecule has 8 nitrogen and oxygen atoms in total. The molecule has 1 atom stereocenters. The summed E-state index contributed by atoms with van der Waals surface area (Å²) in [6.45, 7) is 0. The van der Waals surface area contributed by atoms with Crippen LogP contribution in [0.15, 0.2) is 58.6 Å². The second-order valence-corrected chi connectivity index (χ2v) is 12.4. The Hall–Kier alpha value is -3.44. The Morgan fingerprint density at radius 2 is 1.89 bits per heavy atom. The van der Waals surface area contributed by atoms with Crippen LogP contribution in [0, 0.1) is 0 Å². The molecule has 0 radical (unpaired) electrons. The first-order chi connectivity index (χ1) is 18.2. The molecule has 0 bridgehead atoms. The van der Waals surface area contributed by atoms with Crippen LogP contribution in [-0.4, -0.2) is 40.1 Å². The summed E-state index contributed by atoms with van der Waals surface area (Å²) in [5.41, 5.74) is 3.46. The SMILES string of the molecule is O=c1cc(C2Cc3cc4cnc(C5CC5)cc4c(S(=O)(=O)NC4CC(F)(F)C4)c3C2)[nH]n1-c1cccnc1. The first-order valence-corrected chi connectivity index (χ1v) is 14.2. The van der Waals surface area contributed by atoms with Gasteiger partial charge < -0.3 is 0 Å². The molecule has 3 heterocycles. The Bertz CT molecular complexity index is 1740. The number of aromatic nitrogens is 4. The van der Waals surface area contributed by atoms with E-state index >= 15 is 0 Å². The van der Waals surface area contributed by atoms with Gasteiger partial charge in [0.25, 0.3) is 11.5 Å². The van der Waals surface area contributed by atoms with Gasteiger partial charge >= 0.3 is 0 Å². The summed E-state index contributed by atoms with van der Waals surface area (Å²) in [5.74, 6) is -2.66. The molecule has 38 heavy (non-hydrogen) atoms. The molecule has 4 aromatic rings. The molecule has 11 heteroatoms. The molecule has 2 N–H and O–H groups in total. The molecule has 3 aromatic heterocycles. The van der Waals surface area contributed by atoms with E-state index in [1.54, 1.807) is 36.8 Å².